The van der Waals surface area contributed by atoms with E-state index in [0.29, 0.717) is 5.92 Å². The fraction of sp³-hybridized carbons (Fsp3) is 1.00. The minimum absolute atomic E-state index is 0.349. The lowest BCUT2D eigenvalue weighted by atomic mass is 9.81. The van der Waals surface area contributed by atoms with Crippen molar-refractivity contribution in [3.63, 3.8) is 0 Å². The highest BCUT2D eigenvalue weighted by atomic mass is 16.5. The van der Waals surface area contributed by atoms with Crippen LogP contribution in [0.2, 0.25) is 0 Å². The fourth-order valence-electron chi connectivity index (χ4n) is 1.89. The Morgan fingerprint density at radius 2 is 1.83 bits per heavy atom. The molecule has 1 N–H and O–H groups in total. The zero-order valence-electron chi connectivity index (χ0n) is 8.92. The largest absolute Gasteiger partial charge is 0.390 e. The standard InChI is InChI=1S/C10H22O2/c1-6-9(11)10(7-2,12-5)8(3)4/h8-9,11H,6-7H2,1-5H3/t9-,10+/m0/s1. The first-order chi connectivity index (χ1) is 5.55. The summed E-state index contributed by atoms with van der Waals surface area (Å²) in [6, 6.07) is 0. The van der Waals surface area contributed by atoms with E-state index in [1.807, 2.05) is 6.92 Å². The van der Waals surface area contributed by atoms with E-state index in [9.17, 15) is 5.11 Å². The first-order valence-electron chi connectivity index (χ1n) is 4.78. The Morgan fingerprint density at radius 1 is 1.33 bits per heavy atom. The Kier molecular flexibility index (Phi) is 4.80. The molecule has 0 radical (unpaired) electrons. The first kappa shape index (κ1) is 11.9. The van der Waals surface area contributed by atoms with Crippen LogP contribution in [0.5, 0.6) is 0 Å². The average molecular weight is 174 g/mol. The molecule has 0 spiro atoms. The van der Waals surface area contributed by atoms with Gasteiger partial charge in [0.1, 0.15) is 0 Å². The average Bonchev–Trinajstić information content (AvgIpc) is 2.06. The van der Waals surface area contributed by atoms with Gasteiger partial charge in [0.2, 0.25) is 0 Å². The highest BCUT2D eigenvalue weighted by Crippen LogP contribution is 2.30. The van der Waals surface area contributed by atoms with Crippen molar-refractivity contribution >= 4 is 0 Å². The predicted molar refractivity (Wildman–Crippen MR) is 51.2 cm³/mol. The molecule has 0 aromatic rings. The quantitative estimate of drug-likeness (QED) is 0.692. The lowest BCUT2D eigenvalue weighted by molar-refractivity contribution is -0.134. The van der Waals surface area contributed by atoms with E-state index in [4.69, 9.17) is 4.74 Å². The van der Waals surface area contributed by atoms with Crippen molar-refractivity contribution in [2.24, 2.45) is 5.92 Å². The maximum Gasteiger partial charge on any atom is 0.0956 e. The molecule has 0 fully saturated rings. The lowest BCUT2D eigenvalue weighted by Crippen LogP contribution is -2.47. The van der Waals surface area contributed by atoms with E-state index < -0.39 is 0 Å². The summed E-state index contributed by atoms with van der Waals surface area (Å²) in [6.07, 6.45) is 1.25. The summed E-state index contributed by atoms with van der Waals surface area (Å²) in [4.78, 5) is 0. The zero-order chi connectivity index (χ0) is 9.78. The molecular formula is C10H22O2. The molecule has 2 nitrogen and oxygen atoms in total. The third kappa shape index (κ3) is 1.99. The van der Waals surface area contributed by atoms with Crippen molar-refractivity contribution in [1.82, 2.24) is 0 Å². The molecule has 0 rings (SSSR count). The molecule has 0 aliphatic carbocycles. The van der Waals surface area contributed by atoms with Gasteiger partial charge in [-0.25, -0.2) is 0 Å². The Bertz CT molecular complexity index is 117. The monoisotopic (exact) mass is 174 g/mol. The molecule has 12 heavy (non-hydrogen) atoms. The number of methoxy groups -OCH3 is 1. The number of aliphatic hydroxyl groups is 1. The predicted octanol–water partition coefficient (Wildman–Crippen LogP) is 2.21. The van der Waals surface area contributed by atoms with Gasteiger partial charge in [-0.1, -0.05) is 27.7 Å². The lowest BCUT2D eigenvalue weighted by Gasteiger charge is -2.39. The van der Waals surface area contributed by atoms with Gasteiger partial charge < -0.3 is 9.84 Å². The smallest absolute Gasteiger partial charge is 0.0956 e. The molecule has 2 atom stereocenters. The molecule has 0 unspecified atom stereocenters. The summed E-state index contributed by atoms with van der Waals surface area (Å²) >= 11 is 0. The highest BCUT2D eigenvalue weighted by Gasteiger charge is 2.38. The van der Waals surface area contributed by atoms with E-state index in [1.165, 1.54) is 0 Å². The van der Waals surface area contributed by atoms with E-state index in [2.05, 4.69) is 20.8 Å². The Morgan fingerprint density at radius 3 is 1.92 bits per heavy atom. The summed E-state index contributed by atoms with van der Waals surface area (Å²) in [6.45, 7) is 8.22. The summed E-state index contributed by atoms with van der Waals surface area (Å²) < 4.78 is 5.45. The summed E-state index contributed by atoms with van der Waals surface area (Å²) in [5, 5.41) is 9.81. The van der Waals surface area contributed by atoms with Crippen LogP contribution in [0.4, 0.5) is 0 Å². The van der Waals surface area contributed by atoms with Crippen LogP contribution in [0.15, 0.2) is 0 Å². The van der Waals surface area contributed by atoms with E-state index in [1.54, 1.807) is 7.11 Å². The topological polar surface area (TPSA) is 29.5 Å². The molecule has 0 heterocycles. The van der Waals surface area contributed by atoms with Gasteiger partial charge in [-0.2, -0.15) is 0 Å². The summed E-state index contributed by atoms with van der Waals surface area (Å²) in [5.41, 5.74) is -0.352. The third-order valence-corrected chi connectivity index (χ3v) is 2.86. The summed E-state index contributed by atoms with van der Waals surface area (Å²) in [7, 11) is 1.68. The van der Waals surface area contributed by atoms with Gasteiger partial charge in [0.25, 0.3) is 0 Å². The molecule has 0 amide bonds. The van der Waals surface area contributed by atoms with E-state index >= 15 is 0 Å². The van der Waals surface area contributed by atoms with Gasteiger partial charge in [-0.05, 0) is 18.8 Å². The van der Waals surface area contributed by atoms with Crippen molar-refractivity contribution in [2.45, 2.75) is 52.2 Å². The molecule has 0 bridgehead atoms. The van der Waals surface area contributed by atoms with Crippen molar-refractivity contribution in [2.75, 3.05) is 7.11 Å². The van der Waals surface area contributed by atoms with Crippen LogP contribution >= 0.6 is 0 Å². The minimum atomic E-state index is -0.354. The Balaban J connectivity index is 4.56. The van der Waals surface area contributed by atoms with Gasteiger partial charge in [0.05, 0.1) is 11.7 Å². The fourth-order valence-corrected chi connectivity index (χ4v) is 1.89. The second kappa shape index (κ2) is 4.83. The maximum absolute atomic E-state index is 9.81. The van der Waals surface area contributed by atoms with Crippen molar-refractivity contribution in [3.8, 4) is 0 Å². The van der Waals surface area contributed by atoms with Crippen molar-refractivity contribution in [1.29, 1.82) is 0 Å². The third-order valence-electron chi connectivity index (χ3n) is 2.86. The second-order valence-corrected chi connectivity index (χ2v) is 3.59. The molecule has 74 valence electrons. The van der Waals surface area contributed by atoms with Gasteiger partial charge in [-0.15, -0.1) is 0 Å². The van der Waals surface area contributed by atoms with E-state index in [-0.39, 0.29) is 11.7 Å². The Hall–Kier alpha value is -0.0800. The molecule has 0 aliphatic rings. The van der Waals surface area contributed by atoms with Gasteiger partial charge in [0.15, 0.2) is 0 Å². The Labute approximate surface area is 75.9 Å². The maximum atomic E-state index is 9.81. The number of rotatable bonds is 5. The van der Waals surface area contributed by atoms with Crippen LogP contribution < -0.4 is 0 Å². The van der Waals surface area contributed by atoms with Gasteiger partial charge >= 0.3 is 0 Å². The number of hydrogen-bond acceptors (Lipinski definition) is 2. The SMILES string of the molecule is CC[C@H](O)[C@](CC)(OC)C(C)C. The molecule has 0 aromatic heterocycles. The minimum Gasteiger partial charge on any atom is -0.390 e. The van der Waals surface area contributed by atoms with Crippen LogP contribution in [0.1, 0.15) is 40.5 Å². The second-order valence-electron chi connectivity index (χ2n) is 3.59. The normalized spacial score (nSPS) is 19.2. The number of hydrogen-bond donors (Lipinski definition) is 1. The molecule has 0 saturated heterocycles. The van der Waals surface area contributed by atoms with Crippen LogP contribution in [0.3, 0.4) is 0 Å². The first-order valence-corrected chi connectivity index (χ1v) is 4.78. The van der Waals surface area contributed by atoms with E-state index in [0.717, 1.165) is 12.8 Å². The van der Waals surface area contributed by atoms with Crippen LogP contribution in [0, 0.1) is 5.92 Å². The van der Waals surface area contributed by atoms with Crippen molar-refractivity contribution < 1.29 is 9.84 Å². The van der Waals surface area contributed by atoms with Crippen LogP contribution in [0.25, 0.3) is 0 Å². The highest BCUT2D eigenvalue weighted by molar-refractivity contribution is 4.89. The molecule has 0 saturated carbocycles. The van der Waals surface area contributed by atoms with Crippen LogP contribution in [-0.4, -0.2) is 23.9 Å². The van der Waals surface area contributed by atoms with Gasteiger partial charge in [-0.3, -0.25) is 0 Å². The zero-order valence-corrected chi connectivity index (χ0v) is 8.92. The van der Waals surface area contributed by atoms with Crippen molar-refractivity contribution in [3.05, 3.63) is 0 Å². The molecule has 2 heteroatoms. The number of ether oxygens (including phenoxy) is 1. The summed E-state index contributed by atoms with van der Waals surface area (Å²) in [5.74, 6) is 0.349. The molecule has 0 aliphatic heterocycles. The van der Waals surface area contributed by atoms with Gasteiger partial charge in [0, 0.05) is 7.11 Å². The number of aliphatic hydroxyl groups excluding tert-OH is 1. The van der Waals surface area contributed by atoms with Crippen LogP contribution in [-0.2, 0) is 4.74 Å². The molecule has 0 aromatic carbocycles. The molecular weight excluding hydrogens is 152 g/mol.